The Morgan fingerprint density at radius 1 is 1.56 bits per heavy atom. The highest BCUT2D eigenvalue weighted by Gasteiger charge is 2.27. The summed E-state index contributed by atoms with van der Waals surface area (Å²) >= 11 is 0. The van der Waals surface area contributed by atoms with Crippen molar-refractivity contribution in [2.75, 3.05) is 19.8 Å². The lowest BCUT2D eigenvalue weighted by molar-refractivity contribution is -0.149. The van der Waals surface area contributed by atoms with E-state index in [1.807, 2.05) is 18.2 Å². The van der Waals surface area contributed by atoms with Gasteiger partial charge in [0.15, 0.2) is 0 Å². The van der Waals surface area contributed by atoms with Crippen molar-refractivity contribution in [3.05, 3.63) is 29.3 Å². The molecule has 0 amide bonds. The van der Waals surface area contributed by atoms with Gasteiger partial charge in [0.25, 0.3) is 0 Å². The summed E-state index contributed by atoms with van der Waals surface area (Å²) in [5.41, 5.74) is 2.08. The number of rotatable bonds is 4. The molecule has 1 aromatic rings. The minimum Gasteiger partial charge on any atom is -0.492 e. The summed E-state index contributed by atoms with van der Waals surface area (Å²) < 4.78 is 10.6. The topological polar surface area (TPSA) is 55.8 Å². The second-order valence-corrected chi connectivity index (χ2v) is 4.38. The van der Waals surface area contributed by atoms with Crippen LogP contribution in [0.1, 0.15) is 18.1 Å². The SMILES string of the molecule is CCOC(=O)C1COc2ccc(CCO)cc2C1. The zero-order chi connectivity index (χ0) is 13.0. The van der Waals surface area contributed by atoms with E-state index in [2.05, 4.69) is 0 Å². The third-order valence-electron chi connectivity index (χ3n) is 3.05. The van der Waals surface area contributed by atoms with Gasteiger partial charge in [-0.1, -0.05) is 12.1 Å². The smallest absolute Gasteiger partial charge is 0.312 e. The molecule has 1 atom stereocenters. The Balaban J connectivity index is 2.11. The first-order chi connectivity index (χ1) is 8.74. The van der Waals surface area contributed by atoms with Gasteiger partial charge in [-0.05, 0) is 37.0 Å². The normalized spacial score (nSPS) is 17.8. The molecule has 4 nitrogen and oxygen atoms in total. The molecule has 1 unspecified atom stereocenters. The highest BCUT2D eigenvalue weighted by Crippen LogP contribution is 2.28. The minimum atomic E-state index is -0.221. The van der Waals surface area contributed by atoms with Gasteiger partial charge in [0.2, 0.25) is 0 Å². The summed E-state index contributed by atoms with van der Waals surface area (Å²) in [4.78, 5) is 11.7. The number of carbonyl (C=O) groups is 1. The number of ether oxygens (including phenoxy) is 2. The fourth-order valence-corrected chi connectivity index (χ4v) is 2.14. The number of aliphatic hydroxyl groups excluding tert-OH is 1. The molecular formula is C14H18O4. The maximum absolute atomic E-state index is 11.7. The largest absolute Gasteiger partial charge is 0.492 e. The second kappa shape index (κ2) is 5.87. The molecule has 0 fully saturated rings. The summed E-state index contributed by atoms with van der Waals surface area (Å²) in [5, 5.41) is 8.93. The fraction of sp³-hybridized carbons (Fsp3) is 0.500. The molecule has 98 valence electrons. The predicted octanol–water partition coefficient (Wildman–Crippen LogP) is 1.34. The lowest BCUT2D eigenvalue weighted by Crippen LogP contribution is -2.29. The van der Waals surface area contributed by atoms with Gasteiger partial charge in [0.05, 0.1) is 12.5 Å². The molecule has 1 aromatic carbocycles. The molecule has 2 rings (SSSR count). The van der Waals surface area contributed by atoms with E-state index in [1.165, 1.54) is 0 Å². The zero-order valence-electron chi connectivity index (χ0n) is 10.5. The van der Waals surface area contributed by atoms with E-state index in [-0.39, 0.29) is 18.5 Å². The Kier molecular flexibility index (Phi) is 4.20. The number of carbonyl (C=O) groups excluding carboxylic acids is 1. The van der Waals surface area contributed by atoms with Crippen LogP contribution in [-0.2, 0) is 22.4 Å². The van der Waals surface area contributed by atoms with Gasteiger partial charge in [-0.2, -0.15) is 0 Å². The lowest BCUT2D eigenvalue weighted by Gasteiger charge is -2.24. The molecule has 0 spiro atoms. The van der Waals surface area contributed by atoms with E-state index < -0.39 is 0 Å². The van der Waals surface area contributed by atoms with E-state index in [4.69, 9.17) is 14.6 Å². The fourth-order valence-electron chi connectivity index (χ4n) is 2.14. The van der Waals surface area contributed by atoms with Crippen LogP contribution < -0.4 is 4.74 Å². The number of aliphatic hydroxyl groups is 1. The standard InChI is InChI=1S/C14H18O4/c1-2-17-14(16)12-8-11-7-10(5-6-15)3-4-13(11)18-9-12/h3-4,7,12,15H,2,5-6,8-9H2,1H3. The van der Waals surface area contributed by atoms with Gasteiger partial charge in [0.1, 0.15) is 12.4 Å². The number of hydrogen-bond donors (Lipinski definition) is 1. The Morgan fingerprint density at radius 2 is 2.39 bits per heavy atom. The quantitative estimate of drug-likeness (QED) is 0.819. The van der Waals surface area contributed by atoms with Crippen molar-refractivity contribution in [3.63, 3.8) is 0 Å². The molecule has 4 heteroatoms. The van der Waals surface area contributed by atoms with Crippen LogP contribution in [0.25, 0.3) is 0 Å². The first kappa shape index (κ1) is 12.9. The van der Waals surface area contributed by atoms with Crippen molar-refractivity contribution in [1.82, 2.24) is 0 Å². The van der Waals surface area contributed by atoms with E-state index >= 15 is 0 Å². The summed E-state index contributed by atoms with van der Waals surface area (Å²) in [6.07, 6.45) is 1.27. The van der Waals surface area contributed by atoms with Crippen molar-refractivity contribution >= 4 is 5.97 Å². The van der Waals surface area contributed by atoms with Gasteiger partial charge >= 0.3 is 5.97 Å². The van der Waals surface area contributed by atoms with Crippen LogP contribution in [0.2, 0.25) is 0 Å². The molecule has 0 radical (unpaired) electrons. The molecule has 1 aliphatic rings. The van der Waals surface area contributed by atoms with Crippen molar-refractivity contribution in [2.45, 2.75) is 19.8 Å². The van der Waals surface area contributed by atoms with Crippen molar-refractivity contribution in [1.29, 1.82) is 0 Å². The summed E-state index contributed by atoms with van der Waals surface area (Å²) in [7, 11) is 0. The second-order valence-electron chi connectivity index (χ2n) is 4.38. The summed E-state index contributed by atoms with van der Waals surface area (Å²) in [6, 6.07) is 5.85. The maximum atomic E-state index is 11.7. The van der Waals surface area contributed by atoms with E-state index in [1.54, 1.807) is 6.92 Å². The molecule has 0 saturated carbocycles. The Labute approximate surface area is 107 Å². The number of fused-ring (bicyclic) bond motifs is 1. The van der Waals surface area contributed by atoms with Crippen molar-refractivity contribution < 1.29 is 19.4 Å². The van der Waals surface area contributed by atoms with Crippen molar-refractivity contribution in [3.8, 4) is 5.75 Å². The minimum absolute atomic E-state index is 0.126. The summed E-state index contributed by atoms with van der Waals surface area (Å²) in [6.45, 7) is 2.70. The summed E-state index contributed by atoms with van der Waals surface area (Å²) in [5.74, 6) is 0.412. The first-order valence-corrected chi connectivity index (χ1v) is 6.26. The number of esters is 1. The molecule has 0 aliphatic carbocycles. The van der Waals surface area contributed by atoms with Crippen LogP contribution in [0, 0.1) is 5.92 Å². The number of hydrogen-bond acceptors (Lipinski definition) is 4. The third kappa shape index (κ3) is 2.82. The van der Waals surface area contributed by atoms with Gasteiger partial charge in [-0.15, -0.1) is 0 Å². The first-order valence-electron chi connectivity index (χ1n) is 6.26. The van der Waals surface area contributed by atoms with Crippen LogP contribution in [0.5, 0.6) is 5.75 Å². The lowest BCUT2D eigenvalue weighted by atomic mass is 9.95. The Morgan fingerprint density at radius 3 is 3.11 bits per heavy atom. The molecule has 0 bridgehead atoms. The van der Waals surface area contributed by atoms with Gasteiger partial charge in [-0.3, -0.25) is 4.79 Å². The molecular weight excluding hydrogens is 232 g/mol. The average Bonchev–Trinajstić information content (AvgIpc) is 2.38. The van der Waals surface area contributed by atoms with Gasteiger partial charge in [0, 0.05) is 6.61 Å². The Bertz CT molecular complexity index is 428. The maximum Gasteiger partial charge on any atom is 0.312 e. The van der Waals surface area contributed by atoms with Crippen molar-refractivity contribution in [2.24, 2.45) is 5.92 Å². The molecule has 1 heterocycles. The van der Waals surface area contributed by atoms with E-state index in [0.717, 1.165) is 16.9 Å². The highest BCUT2D eigenvalue weighted by molar-refractivity contribution is 5.73. The molecule has 0 aromatic heterocycles. The highest BCUT2D eigenvalue weighted by atomic mass is 16.5. The average molecular weight is 250 g/mol. The van der Waals surface area contributed by atoms with Crippen LogP contribution in [0.3, 0.4) is 0 Å². The third-order valence-corrected chi connectivity index (χ3v) is 3.05. The molecule has 1 aliphatic heterocycles. The Hall–Kier alpha value is -1.55. The predicted molar refractivity (Wildman–Crippen MR) is 66.6 cm³/mol. The molecule has 0 saturated heterocycles. The molecule has 1 N–H and O–H groups in total. The van der Waals surface area contributed by atoms with Gasteiger partial charge in [-0.25, -0.2) is 0 Å². The zero-order valence-corrected chi connectivity index (χ0v) is 10.5. The van der Waals surface area contributed by atoms with Crippen LogP contribution in [0.4, 0.5) is 0 Å². The monoisotopic (exact) mass is 250 g/mol. The van der Waals surface area contributed by atoms with Gasteiger partial charge < -0.3 is 14.6 Å². The van der Waals surface area contributed by atoms with E-state index in [9.17, 15) is 4.79 Å². The van der Waals surface area contributed by atoms with Crippen LogP contribution in [-0.4, -0.2) is 30.9 Å². The molecule has 18 heavy (non-hydrogen) atoms. The van der Waals surface area contributed by atoms with E-state index in [0.29, 0.717) is 26.1 Å². The van der Waals surface area contributed by atoms with Crippen LogP contribution in [0.15, 0.2) is 18.2 Å². The number of benzene rings is 1. The van der Waals surface area contributed by atoms with Crippen LogP contribution >= 0.6 is 0 Å².